The van der Waals surface area contributed by atoms with E-state index in [2.05, 4.69) is 247 Å². The zero-order chi connectivity index (χ0) is 57.5. The number of rotatable bonds is 18. The number of carbonyl (C=O) groups is 3. The van der Waals surface area contributed by atoms with Crippen molar-refractivity contribution in [3.05, 3.63) is 288 Å². The predicted octanol–water partition coefficient (Wildman–Crippen LogP) is 19.1. The number of carbonyl (C=O) groups excluding carboxylic acids is 3. The van der Waals surface area contributed by atoms with E-state index < -0.39 is 0 Å². The Labute approximate surface area is 478 Å². The maximum atomic E-state index is 12.0. The normalized spacial score (nSPS) is 10.7. The van der Waals surface area contributed by atoms with E-state index in [9.17, 15) is 14.4 Å². The molecule has 9 aromatic rings. The van der Waals surface area contributed by atoms with Crippen molar-refractivity contribution in [2.24, 2.45) is 0 Å². The molecule has 0 saturated carbocycles. The first-order valence-corrected chi connectivity index (χ1v) is 26.6. The average molecular weight is 1060 g/mol. The van der Waals surface area contributed by atoms with Gasteiger partial charge in [0.2, 0.25) is 6.41 Å². The molecular weight excluding hydrogens is 993 g/mol. The van der Waals surface area contributed by atoms with Gasteiger partial charge in [-0.05, 0) is 173 Å². The van der Waals surface area contributed by atoms with Crippen LogP contribution in [-0.2, 0) is 14.4 Å². The third-order valence-corrected chi connectivity index (χ3v) is 12.6. The zero-order valence-electron chi connectivity index (χ0n) is 46.7. The molecule has 0 aliphatic carbocycles. The van der Waals surface area contributed by atoms with Gasteiger partial charge in [0.15, 0.2) is 0 Å². The molecule has 0 atom stereocenters. The molecule has 9 aromatic carbocycles. The first kappa shape index (κ1) is 58.3. The van der Waals surface area contributed by atoms with Gasteiger partial charge in [-0.3, -0.25) is 14.4 Å². The number of aldehydes is 1. The molecule has 7 heteroatoms. The largest absolute Gasteiger partial charge is 0.388 e. The van der Waals surface area contributed by atoms with E-state index in [0.717, 1.165) is 96.0 Å². The highest BCUT2D eigenvalue weighted by Gasteiger charge is 2.13. The first-order valence-electron chi connectivity index (χ1n) is 26.6. The fourth-order valence-electron chi connectivity index (χ4n) is 8.23. The standard InChI is InChI=1S/C66H54N4O2.C4H6O.C4H8/c1-47(2)66(72)69-62-38-32-59(33-39-62)56-26-14-50(15-27-56)6-9-53-20-44-65(45-21-53)70(63-40-16-51(17-41-63)7-4-48-10-22-54(23-11-48)57-28-34-60(67-3)35-29-57)64-42-18-52(19-43-64)8-5-49-12-24-55(25-13-49)58-30-36-61(37-31-58)68-46-71;1-4(2)3-5;1-4(2)3/h4-46,67H,1H2,2-3H3,(H,68,71)(H,69,72);3H,1H2,2H3;1H2,2-3H3/b7-4+,8-5+,9-6+;;. The number of nitrogens with one attached hydrogen (secondary N) is 3. The minimum absolute atomic E-state index is 0.183. The van der Waals surface area contributed by atoms with Gasteiger partial charge in [0.05, 0.1) is 0 Å². The fourth-order valence-corrected chi connectivity index (χ4v) is 8.23. The van der Waals surface area contributed by atoms with Gasteiger partial charge in [0.1, 0.15) is 6.29 Å². The molecule has 0 aliphatic rings. The number of anilines is 6. The zero-order valence-corrected chi connectivity index (χ0v) is 46.7. The highest BCUT2D eigenvalue weighted by Crippen LogP contribution is 2.36. The molecule has 9 rings (SSSR count). The van der Waals surface area contributed by atoms with Crippen LogP contribution in [0.3, 0.4) is 0 Å². The number of amides is 2. The number of hydrogen-bond acceptors (Lipinski definition) is 5. The van der Waals surface area contributed by atoms with E-state index in [1.807, 2.05) is 69.4 Å². The number of hydrogen-bond donors (Lipinski definition) is 3. The Hall–Kier alpha value is -10.4. The molecular formula is C74H68N4O3. The van der Waals surface area contributed by atoms with Crippen molar-refractivity contribution in [3.8, 4) is 33.4 Å². The molecule has 2 amide bonds. The minimum atomic E-state index is -0.183. The van der Waals surface area contributed by atoms with Crippen molar-refractivity contribution in [2.75, 3.05) is 27.9 Å². The SMILES string of the molecule is C=C(C)C.C=C(C)C(=O)Nc1ccc(-c2ccc(/C=C/c3ccc(N(c4ccc(/C=C/c5ccc(-c6ccc(NC)cc6)cc5)cc4)c4ccc(/C=C/c5ccc(-c6ccc(NC=O)cc6)cc5)cc4)cc3)cc2)cc1.C=C(C)C=O. The van der Waals surface area contributed by atoms with Gasteiger partial charge in [0, 0.05) is 46.7 Å². The quantitative estimate of drug-likeness (QED) is 0.0345. The van der Waals surface area contributed by atoms with Gasteiger partial charge in [-0.25, -0.2) is 0 Å². The molecule has 81 heavy (non-hydrogen) atoms. The van der Waals surface area contributed by atoms with E-state index in [0.29, 0.717) is 17.6 Å². The maximum absolute atomic E-state index is 12.0. The lowest BCUT2D eigenvalue weighted by Crippen LogP contribution is -2.11. The van der Waals surface area contributed by atoms with Gasteiger partial charge in [-0.2, -0.15) is 0 Å². The number of allylic oxidation sites excluding steroid dienone is 2. The smallest absolute Gasteiger partial charge is 0.250 e. The molecule has 0 fully saturated rings. The summed E-state index contributed by atoms with van der Waals surface area (Å²) >= 11 is 0. The Balaban J connectivity index is 0.000000977. The van der Waals surface area contributed by atoms with E-state index in [1.54, 1.807) is 13.8 Å². The van der Waals surface area contributed by atoms with Crippen LogP contribution in [-0.4, -0.2) is 25.7 Å². The molecule has 0 radical (unpaired) electrons. The van der Waals surface area contributed by atoms with Crippen LogP contribution in [0.15, 0.2) is 255 Å². The summed E-state index contributed by atoms with van der Waals surface area (Å²) in [5, 5.41) is 8.73. The van der Waals surface area contributed by atoms with Gasteiger partial charge in [-0.1, -0.05) is 201 Å². The highest BCUT2D eigenvalue weighted by molar-refractivity contribution is 6.03. The summed E-state index contributed by atoms with van der Waals surface area (Å²) in [4.78, 5) is 34.5. The molecule has 0 saturated heterocycles. The third-order valence-electron chi connectivity index (χ3n) is 12.6. The summed E-state index contributed by atoms with van der Waals surface area (Å²) in [5.74, 6) is -0.183. The Bertz CT molecular complexity index is 3630. The Morgan fingerprint density at radius 1 is 0.370 bits per heavy atom. The Morgan fingerprint density at radius 3 is 0.840 bits per heavy atom. The maximum Gasteiger partial charge on any atom is 0.250 e. The highest BCUT2D eigenvalue weighted by atomic mass is 16.1. The van der Waals surface area contributed by atoms with Crippen LogP contribution in [0.1, 0.15) is 61.1 Å². The topological polar surface area (TPSA) is 90.5 Å². The van der Waals surface area contributed by atoms with Crippen LogP contribution >= 0.6 is 0 Å². The second kappa shape index (κ2) is 29.4. The third kappa shape index (κ3) is 17.8. The van der Waals surface area contributed by atoms with Gasteiger partial charge >= 0.3 is 0 Å². The average Bonchev–Trinajstić information content (AvgIpc) is 3.49. The predicted molar refractivity (Wildman–Crippen MR) is 348 cm³/mol. The van der Waals surface area contributed by atoms with Crippen molar-refractivity contribution >= 4 is 89.2 Å². The molecule has 402 valence electrons. The van der Waals surface area contributed by atoms with E-state index in [-0.39, 0.29) is 5.91 Å². The van der Waals surface area contributed by atoms with Gasteiger partial charge < -0.3 is 20.9 Å². The molecule has 3 N–H and O–H groups in total. The first-order chi connectivity index (χ1) is 39.3. The Kier molecular flexibility index (Phi) is 21.2. The van der Waals surface area contributed by atoms with Crippen LogP contribution < -0.4 is 20.9 Å². The van der Waals surface area contributed by atoms with Crippen molar-refractivity contribution < 1.29 is 14.4 Å². The summed E-state index contributed by atoms with van der Waals surface area (Å²) < 4.78 is 0. The fraction of sp³-hybridized carbons (Fsp3) is 0.0676. The minimum Gasteiger partial charge on any atom is -0.388 e. The number of benzene rings is 9. The number of nitrogens with zero attached hydrogens (tertiary/aromatic N) is 1. The Morgan fingerprint density at radius 2 is 0.605 bits per heavy atom. The summed E-state index contributed by atoms with van der Waals surface area (Å²) in [7, 11) is 1.93. The van der Waals surface area contributed by atoms with Crippen molar-refractivity contribution in [2.45, 2.75) is 27.7 Å². The molecule has 0 aromatic heterocycles. The molecule has 0 heterocycles. The molecule has 7 nitrogen and oxygen atoms in total. The molecule has 0 bridgehead atoms. The second-order valence-electron chi connectivity index (χ2n) is 19.6. The van der Waals surface area contributed by atoms with Crippen LogP contribution in [0.25, 0.3) is 69.8 Å². The van der Waals surface area contributed by atoms with Gasteiger partial charge in [0.25, 0.3) is 5.91 Å². The lowest BCUT2D eigenvalue weighted by atomic mass is 10.0. The lowest BCUT2D eigenvalue weighted by Gasteiger charge is -2.26. The van der Waals surface area contributed by atoms with Crippen molar-refractivity contribution in [1.29, 1.82) is 0 Å². The van der Waals surface area contributed by atoms with Crippen molar-refractivity contribution in [1.82, 2.24) is 0 Å². The molecule has 0 unspecified atom stereocenters. The summed E-state index contributed by atoms with van der Waals surface area (Å²) in [6.45, 7) is 17.9. The van der Waals surface area contributed by atoms with Crippen LogP contribution in [0.5, 0.6) is 0 Å². The van der Waals surface area contributed by atoms with E-state index in [1.165, 1.54) is 16.7 Å². The second-order valence-corrected chi connectivity index (χ2v) is 19.6. The molecule has 0 spiro atoms. The van der Waals surface area contributed by atoms with E-state index in [4.69, 9.17) is 0 Å². The summed E-state index contributed by atoms with van der Waals surface area (Å²) in [6.07, 6.45) is 14.3. The molecule has 0 aliphatic heterocycles. The summed E-state index contributed by atoms with van der Waals surface area (Å²) in [6, 6.07) is 75.7. The van der Waals surface area contributed by atoms with Crippen LogP contribution in [0, 0.1) is 0 Å². The van der Waals surface area contributed by atoms with Crippen molar-refractivity contribution in [3.63, 3.8) is 0 Å². The summed E-state index contributed by atoms with van der Waals surface area (Å²) in [5.41, 5.74) is 21.3. The lowest BCUT2D eigenvalue weighted by molar-refractivity contribution is -0.112. The van der Waals surface area contributed by atoms with E-state index >= 15 is 0 Å². The van der Waals surface area contributed by atoms with Gasteiger partial charge in [-0.15, -0.1) is 6.58 Å². The van der Waals surface area contributed by atoms with Crippen LogP contribution in [0.4, 0.5) is 34.1 Å². The van der Waals surface area contributed by atoms with Crippen LogP contribution in [0.2, 0.25) is 0 Å². The monoisotopic (exact) mass is 1060 g/mol.